The van der Waals surface area contributed by atoms with Gasteiger partial charge in [0.15, 0.2) is 0 Å². The van der Waals surface area contributed by atoms with E-state index in [4.69, 9.17) is 30.4 Å². The summed E-state index contributed by atoms with van der Waals surface area (Å²) < 4.78 is 17.7. The first-order chi connectivity index (χ1) is 18.3. The number of aromatic hydroxyl groups is 1. The zero-order valence-corrected chi connectivity index (χ0v) is 23.8. The van der Waals surface area contributed by atoms with E-state index < -0.39 is 7.94 Å². The van der Waals surface area contributed by atoms with Gasteiger partial charge in [-0.15, -0.1) is 0 Å². The Morgan fingerprint density at radius 1 is 1.03 bits per heavy atom. The van der Waals surface area contributed by atoms with Gasteiger partial charge in [-0.05, 0) is 0 Å². The standard InChI is InChI=1S/C30H37ClNO5P/c1-20-15-26(35-19-38(34)36-14-13-29(37-38)23-9-6-10-24(31)17-23)16-21(2)27(20)18-25-11-12-28(33)30(32-25)22-7-4-3-5-8-22/h6,9-12,15-17,22,29,33-34,38H,3-5,7-8,13-14,18-19H2,1-2H3. The molecule has 1 saturated heterocycles. The predicted molar refractivity (Wildman–Crippen MR) is 152 cm³/mol. The number of halogens is 1. The van der Waals surface area contributed by atoms with E-state index in [1.807, 2.05) is 42.5 Å². The molecule has 1 atom stereocenters. The maximum atomic E-state index is 11.1. The van der Waals surface area contributed by atoms with Crippen molar-refractivity contribution in [2.24, 2.45) is 0 Å². The van der Waals surface area contributed by atoms with Gasteiger partial charge in [-0.25, -0.2) is 0 Å². The van der Waals surface area contributed by atoms with Crippen molar-refractivity contribution >= 4 is 19.5 Å². The summed E-state index contributed by atoms with van der Waals surface area (Å²) in [4.78, 5) is 16.0. The molecule has 0 spiro atoms. The molecule has 38 heavy (non-hydrogen) atoms. The van der Waals surface area contributed by atoms with Crippen molar-refractivity contribution in [2.45, 2.75) is 70.8 Å². The monoisotopic (exact) mass is 557 g/mol. The van der Waals surface area contributed by atoms with Crippen LogP contribution < -0.4 is 4.74 Å². The van der Waals surface area contributed by atoms with Gasteiger partial charge in [0.2, 0.25) is 0 Å². The number of aromatic nitrogens is 1. The number of aryl methyl sites for hydroxylation is 2. The zero-order valence-electron chi connectivity index (χ0n) is 22.1. The third-order valence-corrected chi connectivity index (χ3v) is 9.71. The summed E-state index contributed by atoms with van der Waals surface area (Å²) in [5, 5.41) is 11.1. The molecule has 2 aliphatic rings. The summed E-state index contributed by atoms with van der Waals surface area (Å²) in [5.74, 6) is 1.33. The van der Waals surface area contributed by atoms with Crippen molar-refractivity contribution < 1.29 is 23.8 Å². The third-order valence-electron chi connectivity index (χ3n) is 7.66. The Kier molecular flexibility index (Phi) is 8.56. The minimum absolute atomic E-state index is 0.0213. The Morgan fingerprint density at radius 3 is 2.53 bits per heavy atom. The SMILES string of the molecule is Cc1cc(OC[PH]2(O)OCCC(c3cccc(Cl)c3)O2)cc(C)c1Cc1ccc(O)c(C2CCCCC2)n1. The van der Waals surface area contributed by atoms with Crippen molar-refractivity contribution in [3.8, 4) is 11.5 Å². The zero-order chi connectivity index (χ0) is 26.7. The molecule has 2 aromatic carbocycles. The van der Waals surface area contributed by atoms with Crippen molar-refractivity contribution in [2.75, 3.05) is 13.0 Å². The number of benzene rings is 2. The van der Waals surface area contributed by atoms with Gasteiger partial charge >= 0.3 is 212 Å². The second kappa shape index (κ2) is 11.9. The molecular weight excluding hydrogens is 521 g/mol. The molecule has 2 fully saturated rings. The average Bonchev–Trinajstić information content (AvgIpc) is 2.91. The molecule has 3 aromatic rings. The van der Waals surface area contributed by atoms with E-state index in [0.29, 0.717) is 41.9 Å². The summed E-state index contributed by atoms with van der Waals surface area (Å²) in [6.07, 6.45) is 6.89. The van der Waals surface area contributed by atoms with Gasteiger partial charge in [-0.2, -0.15) is 0 Å². The normalized spacial score (nSPS) is 20.7. The number of hydrogen-bond acceptors (Lipinski definition) is 6. The summed E-state index contributed by atoms with van der Waals surface area (Å²) in [6.45, 7) is 4.53. The van der Waals surface area contributed by atoms with E-state index >= 15 is 0 Å². The first-order valence-electron chi connectivity index (χ1n) is 13.5. The van der Waals surface area contributed by atoms with Crippen LogP contribution in [-0.4, -0.2) is 27.9 Å². The molecule has 6 nitrogen and oxygen atoms in total. The van der Waals surface area contributed by atoms with Gasteiger partial charge in [0.1, 0.15) is 0 Å². The molecule has 5 rings (SSSR count). The number of ether oxygens (including phenoxy) is 1. The van der Waals surface area contributed by atoms with Gasteiger partial charge < -0.3 is 0 Å². The van der Waals surface area contributed by atoms with E-state index in [1.165, 1.54) is 24.8 Å². The summed E-state index contributed by atoms with van der Waals surface area (Å²) >= 11 is 6.14. The first-order valence-corrected chi connectivity index (χ1v) is 15.9. The van der Waals surface area contributed by atoms with Gasteiger partial charge in [0.25, 0.3) is 0 Å². The van der Waals surface area contributed by atoms with E-state index in [9.17, 15) is 10.00 Å². The quantitative estimate of drug-likeness (QED) is 0.290. The van der Waals surface area contributed by atoms with Crippen LogP contribution in [0.5, 0.6) is 11.5 Å². The molecule has 2 N–H and O–H groups in total. The van der Waals surface area contributed by atoms with Crippen LogP contribution in [-0.2, 0) is 15.5 Å². The second-order valence-electron chi connectivity index (χ2n) is 10.6. The van der Waals surface area contributed by atoms with Crippen LogP contribution in [0, 0.1) is 13.8 Å². The minimum atomic E-state index is -3.52. The number of rotatable bonds is 7. The van der Waals surface area contributed by atoms with Gasteiger partial charge in [-0.1, -0.05) is 19.3 Å². The van der Waals surface area contributed by atoms with Crippen LogP contribution in [0.15, 0.2) is 48.5 Å². The number of hydrogen-bond donors (Lipinski definition) is 2. The molecule has 1 aliphatic heterocycles. The Bertz CT molecular complexity index is 1260. The van der Waals surface area contributed by atoms with E-state index in [0.717, 1.165) is 40.9 Å². The van der Waals surface area contributed by atoms with Crippen LogP contribution in [0.3, 0.4) is 0 Å². The fourth-order valence-corrected chi connectivity index (χ4v) is 7.52. The third kappa shape index (κ3) is 6.50. The van der Waals surface area contributed by atoms with Crippen LogP contribution in [0.1, 0.15) is 84.2 Å². The average molecular weight is 558 g/mol. The molecule has 204 valence electrons. The van der Waals surface area contributed by atoms with Crippen LogP contribution in [0.2, 0.25) is 5.02 Å². The fraction of sp³-hybridized carbons (Fsp3) is 0.433. The fourth-order valence-electron chi connectivity index (χ4n) is 5.61. The number of pyridine rings is 1. The van der Waals surface area contributed by atoms with Crippen molar-refractivity contribution in [1.82, 2.24) is 4.98 Å². The Labute approximate surface area is 230 Å². The molecule has 0 bridgehead atoms. The van der Waals surface area contributed by atoms with E-state index in [1.54, 1.807) is 6.07 Å². The van der Waals surface area contributed by atoms with E-state index in [2.05, 4.69) is 13.8 Å². The van der Waals surface area contributed by atoms with Crippen LogP contribution >= 0.6 is 19.5 Å². The number of nitrogens with zero attached hydrogens (tertiary/aromatic N) is 1. The van der Waals surface area contributed by atoms with Gasteiger partial charge in [0.05, 0.1) is 0 Å². The Hall–Kier alpha value is -2.21. The molecule has 1 aliphatic carbocycles. The van der Waals surface area contributed by atoms with E-state index in [-0.39, 0.29) is 12.5 Å². The van der Waals surface area contributed by atoms with Gasteiger partial charge in [-0.3, -0.25) is 0 Å². The van der Waals surface area contributed by atoms with Crippen molar-refractivity contribution in [1.29, 1.82) is 0 Å². The predicted octanol–water partition coefficient (Wildman–Crippen LogP) is 7.70. The first kappa shape index (κ1) is 27.4. The van der Waals surface area contributed by atoms with Crippen LogP contribution in [0.25, 0.3) is 0 Å². The molecule has 0 amide bonds. The summed E-state index contributed by atoms with van der Waals surface area (Å²) in [6, 6.07) is 15.2. The molecule has 2 heterocycles. The molecule has 8 heteroatoms. The Morgan fingerprint density at radius 2 is 1.79 bits per heavy atom. The Balaban J connectivity index is 1.26. The molecule has 1 unspecified atom stereocenters. The topological polar surface area (TPSA) is 81.0 Å². The van der Waals surface area contributed by atoms with Gasteiger partial charge in [0, 0.05) is 0 Å². The molecule has 1 aromatic heterocycles. The van der Waals surface area contributed by atoms with Crippen molar-refractivity contribution in [3.63, 3.8) is 0 Å². The second-order valence-corrected chi connectivity index (χ2v) is 13.2. The molecular formula is C30H37ClNO5P. The summed E-state index contributed by atoms with van der Waals surface area (Å²) in [7, 11) is -3.52. The summed E-state index contributed by atoms with van der Waals surface area (Å²) in [5.41, 5.74) is 6.10. The molecule has 1 saturated carbocycles. The van der Waals surface area contributed by atoms with Crippen LogP contribution in [0.4, 0.5) is 0 Å². The molecule has 0 radical (unpaired) electrons. The van der Waals surface area contributed by atoms with Crippen molar-refractivity contribution in [3.05, 3.63) is 87.2 Å². The maximum absolute atomic E-state index is 11.1.